The zero-order chi connectivity index (χ0) is 21.7. The van der Waals surface area contributed by atoms with E-state index in [0.717, 1.165) is 33.8 Å². The summed E-state index contributed by atoms with van der Waals surface area (Å²) in [6.45, 7) is 7.61. The minimum atomic E-state index is -0.878. The fraction of sp³-hybridized carbons (Fsp3) is 0.320. The smallest absolute Gasteiger partial charge is 0.332 e. The lowest BCUT2D eigenvalue weighted by atomic mass is 9.98. The van der Waals surface area contributed by atoms with Crippen LogP contribution in [0.1, 0.15) is 38.3 Å². The van der Waals surface area contributed by atoms with Crippen molar-refractivity contribution >= 4 is 17.6 Å². The summed E-state index contributed by atoms with van der Waals surface area (Å²) in [6, 6.07) is 17.9. The maximum Gasteiger partial charge on any atom is 0.332 e. The molecule has 0 bridgehead atoms. The summed E-state index contributed by atoms with van der Waals surface area (Å²) in [5.41, 5.74) is 4.18. The van der Waals surface area contributed by atoms with Crippen LogP contribution in [0.25, 0.3) is 0 Å². The number of hydrogen-bond acceptors (Lipinski definition) is 3. The summed E-state index contributed by atoms with van der Waals surface area (Å²) < 4.78 is 0. The van der Waals surface area contributed by atoms with Gasteiger partial charge in [0.2, 0.25) is 0 Å². The van der Waals surface area contributed by atoms with Crippen molar-refractivity contribution in [1.29, 1.82) is 0 Å². The highest BCUT2D eigenvalue weighted by molar-refractivity contribution is 6.31. The predicted molar refractivity (Wildman–Crippen MR) is 122 cm³/mol. The van der Waals surface area contributed by atoms with Gasteiger partial charge in [0.05, 0.1) is 12.4 Å². The van der Waals surface area contributed by atoms with E-state index in [1.165, 1.54) is 0 Å². The standard InChI is InChI=1S/C25H29ClN2O2/c1-4-18(2)27-16-24(28(17-27)15-21-12-8-9-13-23(21)26)19(3)22(25(29)30)14-20-10-6-5-7-11-20/h5-13,16,18H,4,14-15,17H2,1-3H3,(H,29,30)/b22-19+. The number of hydrogen-bond donors (Lipinski definition) is 1. The van der Waals surface area contributed by atoms with E-state index in [1.807, 2.05) is 61.5 Å². The van der Waals surface area contributed by atoms with Crippen LogP contribution in [0.3, 0.4) is 0 Å². The Labute approximate surface area is 184 Å². The Balaban J connectivity index is 1.98. The first-order valence-corrected chi connectivity index (χ1v) is 10.7. The topological polar surface area (TPSA) is 43.8 Å². The molecule has 1 unspecified atom stereocenters. The molecule has 1 atom stereocenters. The third-order valence-electron chi connectivity index (χ3n) is 5.76. The van der Waals surface area contributed by atoms with Crippen molar-refractivity contribution in [2.45, 2.75) is 46.2 Å². The predicted octanol–water partition coefficient (Wildman–Crippen LogP) is 5.70. The number of rotatable bonds is 8. The Bertz CT molecular complexity index is 953. The van der Waals surface area contributed by atoms with Crippen molar-refractivity contribution in [2.75, 3.05) is 6.67 Å². The maximum atomic E-state index is 12.2. The number of allylic oxidation sites excluding steroid dienone is 1. The molecule has 0 amide bonds. The molecular formula is C25H29ClN2O2. The molecule has 0 spiro atoms. The first-order valence-electron chi connectivity index (χ1n) is 10.3. The Morgan fingerprint density at radius 3 is 2.43 bits per heavy atom. The Hall–Kier alpha value is -2.72. The normalized spacial score (nSPS) is 15.7. The first kappa shape index (κ1) is 22.0. The van der Waals surface area contributed by atoms with Gasteiger partial charge in [0.25, 0.3) is 0 Å². The molecule has 0 saturated heterocycles. The molecule has 0 saturated carbocycles. The number of carbonyl (C=O) groups is 1. The quantitative estimate of drug-likeness (QED) is 0.552. The van der Waals surface area contributed by atoms with Crippen LogP contribution in [0.4, 0.5) is 0 Å². The van der Waals surface area contributed by atoms with E-state index in [1.54, 1.807) is 0 Å². The zero-order valence-electron chi connectivity index (χ0n) is 17.8. The van der Waals surface area contributed by atoms with Gasteiger partial charge in [0.15, 0.2) is 0 Å². The highest BCUT2D eigenvalue weighted by atomic mass is 35.5. The fourth-order valence-corrected chi connectivity index (χ4v) is 3.87. The molecule has 30 heavy (non-hydrogen) atoms. The SMILES string of the molecule is CCC(C)N1C=C(/C(C)=C(\Cc2ccccc2)C(=O)O)N(Cc2ccccc2Cl)C1. The molecular weight excluding hydrogens is 396 g/mol. The van der Waals surface area contributed by atoms with E-state index in [9.17, 15) is 9.90 Å². The Kier molecular flexibility index (Phi) is 7.22. The second kappa shape index (κ2) is 9.86. The van der Waals surface area contributed by atoms with Crippen molar-refractivity contribution < 1.29 is 9.90 Å². The van der Waals surface area contributed by atoms with E-state index in [-0.39, 0.29) is 0 Å². The minimum absolute atomic E-state index is 0.367. The van der Waals surface area contributed by atoms with Crippen LogP contribution in [0.2, 0.25) is 5.02 Å². The second-order valence-corrected chi connectivity index (χ2v) is 8.19. The molecule has 0 radical (unpaired) electrons. The van der Waals surface area contributed by atoms with E-state index in [4.69, 9.17) is 11.6 Å². The molecule has 4 nitrogen and oxygen atoms in total. The van der Waals surface area contributed by atoms with Gasteiger partial charge in [-0.25, -0.2) is 4.79 Å². The van der Waals surface area contributed by atoms with Crippen LogP contribution in [0.5, 0.6) is 0 Å². The van der Waals surface area contributed by atoms with Crippen molar-refractivity contribution in [2.24, 2.45) is 0 Å². The van der Waals surface area contributed by atoms with Gasteiger partial charge in [-0.2, -0.15) is 0 Å². The van der Waals surface area contributed by atoms with Crippen molar-refractivity contribution in [1.82, 2.24) is 9.80 Å². The molecule has 1 N–H and O–H groups in total. The van der Waals surface area contributed by atoms with Crippen LogP contribution in [-0.2, 0) is 17.8 Å². The molecule has 0 fully saturated rings. The first-order chi connectivity index (χ1) is 14.4. The zero-order valence-corrected chi connectivity index (χ0v) is 18.6. The van der Waals surface area contributed by atoms with Crippen LogP contribution < -0.4 is 0 Å². The summed E-state index contributed by atoms with van der Waals surface area (Å²) in [6.07, 6.45) is 3.51. The molecule has 5 heteroatoms. The summed E-state index contributed by atoms with van der Waals surface area (Å²) in [5.74, 6) is -0.878. The van der Waals surface area contributed by atoms with Crippen LogP contribution in [0.15, 0.2) is 77.6 Å². The van der Waals surface area contributed by atoms with E-state index in [2.05, 4.69) is 29.8 Å². The number of halogens is 1. The van der Waals surface area contributed by atoms with Gasteiger partial charge in [-0.05, 0) is 43.0 Å². The van der Waals surface area contributed by atoms with Gasteiger partial charge < -0.3 is 14.9 Å². The van der Waals surface area contributed by atoms with Crippen molar-refractivity contribution in [3.63, 3.8) is 0 Å². The molecule has 1 aliphatic heterocycles. The van der Waals surface area contributed by atoms with E-state index in [0.29, 0.717) is 31.2 Å². The number of carboxylic acid groups (broad SMARTS) is 1. The molecule has 2 aromatic rings. The average molecular weight is 425 g/mol. The summed E-state index contributed by atoms with van der Waals surface area (Å²) in [5, 5.41) is 10.7. The summed E-state index contributed by atoms with van der Waals surface area (Å²) in [7, 11) is 0. The Morgan fingerprint density at radius 1 is 1.13 bits per heavy atom. The van der Waals surface area contributed by atoms with Crippen molar-refractivity contribution in [3.05, 3.63) is 93.8 Å². The number of aliphatic carboxylic acids is 1. The van der Waals surface area contributed by atoms with Gasteiger partial charge in [0.1, 0.15) is 0 Å². The molecule has 158 valence electrons. The van der Waals surface area contributed by atoms with E-state index < -0.39 is 5.97 Å². The third-order valence-corrected chi connectivity index (χ3v) is 6.13. The minimum Gasteiger partial charge on any atom is -0.478 e. The fourth-order valence-electron chi connectivity index (χ4n) is 3.68. The lowest BCUT2D eigenvalue weighted by molar-refractivity contribution is -0.132. The van der Waals surface area contributed by atoms with Gasteiger partial charge in [-0.1, -0.05) is 67.1 Å². The molecule has 3 rings (SSSR count). The third kappa shape index (κ3) is 5.06. The molecule has 1 heterocycles. The van der Waals surface area contributed by atoms with Gasteiger partial charge in [-0.3, -0.25) is 0 Å². The van der Waals surface area contributed by atoms with Crippen LogP contribution >= 0.6 is 11.6 Å². The van der Waals surface area contributed by atoms with Crippen molar-refractivity contribution in [3.8, 4) is 0 Å². The number of benzene rings is 2. The molecule has 0 aliphatic carbocycles. The monoisotopic (exact) mass is 424 g/mol. The number of nitrogens with zero attached hydrogens (tertiary/aromatic N) is 2. The van der Waals surface area contributed by atoms with Gasteiger partial charge in [0, 0.05) is 35.8 Å². The summed E-state index contributed by atoms with van der Waals surface area (Å²) in [4.78, 5) is 16.6. The largest absolute Gasteiger partial charge is 0.478 e. The average Bonchev–Trinajstić information content (AvgIpc) is 3.17. The van der Waals surface area contributed by atoms with Gasteiger partial charge in [-0.15, -0.1) is 0 Å². The lowest BCUT2D eigenvalue weighted by Crippen LogP contribution is -2.32. The van der Waals surface area contributed by atoms with Gasteiger partial charge >= 0.3 is 5.97 Å². The highest BCUT2D eigenvalue weighted by Gasteiger charge is 2.27. The van der Waals surface area contributed by atoms with Crippen LogP contribution in [0, 0.1) is 0 Å². The van der Waals surface area contributed by atoms with Crippen LogP contribution in [-0.4, -0.2) is 33.6 Å². The lowest BCUT2D eigenvalue weighted by Gasteiger charge is -2.28. The second-order valence-electron chi connectivity index (χ2n) is 7.79. The highest BCUT2D eigenvalue weighted by Crippen LogP contribution is 2.31. The molecule has 0 aromatic heterocycles. The number of carboxylic acids is 1. The maximum absolute atomic E-state index is 12.2. The molecule has 1 aliphatic rings. The summed E-state index contributed by atoms with van der Waals surface area (Å²) >= 11 is 6.41. The Morgan fingerprint density at radius 2 is 1.80 bits per heavy atom. The van der Waals surface area contributed by atoms with E-state index >= 15 is 0 Å². The molecule has 2 aromatic carbocycles.